The van der Waals surface area contributed by atoms with Gasteiger partial charge in [0, 0.05) is 7.11 Å². The first-order valence-electron chi connectivity index (χ1n) is 4.67. The molecule has 1 aliphatic carbocycles. The Morgan fingerprint density at radius 3 is 2.58 bits per heavy atom. The van der Waals surface area contributed by atoms with Crippen LogP contribution in [-0.4, -0.2) is 27.3 Å². The van der Waals surface area contributed by atoms with Crippen molar-refractivity contribution in [1.82, 2.24) is 5.23 Å². The van der Waals surface area contributed by atoms with Gasteiger partial charge in [-0.3, -0.25) is 0 Å². The molecule has 0 aromatic rings. The normalized spacial score (nSPS) is 30.2. The van der Waals surface area contributed by atoms with Crippen LogP contribution in [0.4, 0.5) is 0 Å². The van der Waals surface area contributed by atoms with E-state index in [1.807, 2.05) is 0 Å². The summed E-state index contributed by atoms with van der Waals surface area (Å²) < 4.78 is 4.84. The Balaban J connectivity index is 2.09. The van der Waals surface area contributed by atoms with Crippen LogP contribution in [0.25, 0.3) is 0 Å². The molecule has 0 aromatic carbocycles. The number of hydrogen-bond donors (Lipinski definition) is 2. The van der Waals surface area contributed by atoms with Crippen molar-refractivity contribution in [2.24, 2.45) is 11.7 Å². The molecule has 1 rings (SSSR count). The second-order valence-corrected chi connectivity index (χ2v) is 3.47. The fraction of sp³-hybridized carbons (Fsp3) is 1.00. The van der Waals surface area contributed by atoms with E-state index in [-0.39, 0.29) is 0 Å². The van der Waals surface area contributed by atoms with Crippen molar-refractivity contribution < 1.29 is 4.65 Å². The fourth-order valence-corrected chi connectivity index (χ4v) is 1.73. The molecule has 4 heteroatoms. The maximum Gasteiger partial charge on any atom is 0.395 e. The molecule has 0 unspecified atom stereocenters. The molecule has 0 amide bonds. The lowest BCUT2D eigenvalue weighted by Crippen LogP contribution is -2.37. The van der Waals surface area contributed by atoms with E-state index < -0.39 is 0 Å². The Bertz CT molecular complexity index is 116. The molecule has 3 nitrogen and oxygen atoms in total. The van der Waals surface area contributed by atoms with Gasteiger partial charge in [0.25, 0.3) is 0 Å². The largest absolute Gasteiger partial charge is 0.427 e. The van der Waals surface area contributed by atoms with Gasteiger partial charge in [-0.1, -0.05) is 0 Å². The maximum atomic E-state index is 5.60. The van der Waals surface area contributed by atoms with Gasteiger partial charge in [-0.2, -0.15) is 0 Å². The lowest BCUT2D eigenvalue weighted by Gasteiger charge is -2.27. The second-order valence-electron chi connectivity index (χ2n) is 3.47. The minimum Gasteiger partial charge on any atom is -0.427 e. The highest BCUT2D eigenvalue weighted by atomic mass is 16.4. The highest BCUT2D eigenvalue weighted by Gasteiger charge is 2.19. The Morgan fingerprint density at radius 1 is 1.42 bits per heavy atom. The minimum absolute atomic E-state index is 0.604. The fourth-order valence-electron chi connectivity index (χ4n) is 1.73. The van der Waals surface area contributed by atoms with Crippen LogP contribution < -0.4 is 11.0 Å². The van der Waals surface area contributed by atoms with Crippen molar-refractivity contribution in [1.29, 1.82) is 0 Å². The van der Waals surface area contributed by atoms with E-state index in [2.05, 4.69) is 5.23 Å². The minimum atomic E-state index is 0.604. The molecular formula is C8H18BN2O. The van der Waals surface area contributed by atoms with Gasteiger partial charge in [0.1, 0.15) is 0 Å². The zero-order chi connectivity index (χ0) is 8.81. The van der Waals surface area contributed by atoms with Gasteiger partial charge in [-0.25, -0.2) is 0 Å². The molecule has 0 atom stereocenters. The Kier molecular flexibility index (Phi) is 4.65. The lowest BCUT2D eigenvalue weighted by atomic mass is 9.85. The predicted molar refractivity (Wildman–Crippen MR) is 50.7 cm³/mol. The molecule has 0 aromatic heterocycles. The third-order valence-corrected chi connectivity index (χ3v) is 2.60. The molecule has 1 radical (unpaired) electrons. The van der Waals surface area contributed by atoms with Crippen LogP contribution in [0.2, 0.25) is 0 Å². The van der Waals surface area contributed by atoms with Crippen molar-refractivity contribution >= 4 is 7.62 Å². The van der Waals surface area contributed by atoms with Crippen molar-refractivity contribution in [3.8, 4) is 0 Å². The van der Waals surface area contributed by atoms with E-state index >= 15 is 0 Å². The highest BCUT2D eigenvalue weighted by molar-refractivity contribution is 6.23. The SMILES string of the molecule is CO[B]NC1CCC(CN)CC1. The number of nitrogens with two attached hydrogens (primary N) is 1. The van der Waals surface area contributed by atoms with Gasteiger partial charge in [-0.05, 0) is 44.2 Å². The lowest BCUT2D eigenvalue weighted by molar-refractivity contribution is 0.310. The van der Waals surface area contributed by atoms with Crippen LogP contribution in [-0.2, 0) is 4.65 Å². The van der Waals surface area contributed by atoms with Crippen LogP contribution in [0.3, 0.4) is 0 Å². The average Bonchev–Trinajstić information content (AvgIpc) is 2.15. The quantitative estimate of drug-likeness (QED) is 0.594. The number of rotatable bonds is 4. The van der Waals surface area contributed by atoms with Gasteiger partial charge in [0.2, 0.25) is 0 Å². The number of hydrogen-bond acceptors (Lipinski definition) is 3. The first-order chi connectivity index (χ1) is 5.86. The van der Waals surface area contributed by atoms with Gasteiger partial charge in [0.15, 0.2) is 0 Å². The number of nitrogens with one attached hydrogen (secondary N) is 1. The molecule has 0 aliphatic heterocycles. The summed E-state index contributed by atoms with van der Waals surface area (Å²) in [4.78, 5) is 0. The molecule has 3 N–H and O–H groups in total. The van der Waals surface area contributed by atoms with E-state index in [0.29, 0.717) is 6.04 Å². The second kappa shape index (κ2) is 5.57. The monoisotopic (exact) mass is 169 g/mol. The van der Waals surface area contributed by atoms with E-state index in [1.165, 1.54) is 25.7 Å². The molecule has 69 valence electrons. The summed E-state index contributed by atoms with van der Waals surface area (Å²) in [5.74, 6) is 0.755. The standard InChI is InChI=1S/C8H18BN2O/c1-12-9-11-8-4-2-7(6-10)3-5-8/h7-8,11H,2-6,10H2,1H3. The zero-order valence-corrected chi connectivity index (χ0v) is 7.75. The Hall–Kier alpha value is -0.0551. The highest BCUT2D eigenvalue weighted by Crippen LogP contribution is 2.22. The molecule has 1 saturated carbocycles. The predicted octanol–water partition coefficient (Wildman–Crippen LogP) is 0.274. The molecule has 0 saturated heterocycles. The van der Waals surface area contributed by atoms with Crippen LogP contribution >= 0.6 is 0 Å². The summed E-state index contributed by atoms with van der Waals surface area (Å²) in [6.45, 7) is 0.848. The maximum absolute atomic E-state index is 5.60. The van der Waals surface area contributed by atoms with E-state index in [9.17, 15) is 0 Å². The Labute approximate surface area is 75.3 Å². The van der Waals surface area contributed by atoms with E-state index in [0.717, 1.165) is 12.5 Å². The van der Waals surface area contributed by atoms with Gasteiger partial charge >= 0.3 is 7.62 Å². The van der Waals surface area contributed by atoms with Gasteiger partial charge in [0.05, 0.1) is 0 Å². The average molecular weight is 169 g/mol. The van der Waals surface area contributed by atoms with Crippen molar-refractivity contribution in [2.75, 3.05) is 13.7 Å². The Morgan fingerprint density at radius 2 is 2.08 bits per heavy atom. The molecule has 0 spiro atoms. The van der Waals surface area contributed by atoms with Crippen LogP contribution in [0, 0.1) is 5.92 Å². The third-order valence-electron chi connectivity index (χ3n) is 2.60. The van der Waals surface area contributed by atoms with Crippen LogP contribution in [0.5, 0.6) is 0 Å². The molecule has 1 fully saturated rings. The van der Waals surface area contributed by atoms with Crippen molar-refractivity contribution in [3.63, 3.8) is 0 Å². The van der Waals surface area contributed by atoms with Gasteiger partial charge in [-0.15, -0.1) is 0 Å². The van der Waals surface area contributed by atoms with E-state index in [1.54, 1.807) is 14.7 Å². The molecular weight excluding hydrogens is 151 g/mol. The first-order valence-corrected chi connectivity index (χ1v) is 4.67. The third kappa shape index (κ3) is 3.13. The molecule has 12 heavy (non-hydrogen) atoms. The summed E-state index contributed by atoms with van der Waals surface area (Å²) >= 11 is 0. The summed E-state index contributed by atoms with van der Waals surface area (Å²) in [5.41, 5.74) is 5.60. The summed E-state index contributed by atoms with van der Waals surface area (Å²) in [7, 11) is 3.34. The van der Waals surface area contributed by atoms with Crippen molar-refractivity contribution in [3.05, 3.63) is 0 Å². The van der Waals surface area contributed by atoms with Gasteiger partial charge < -0.3 is 15.6 Å². The summed E-state index contributed by atoms with van der Waals surface area (Å²) in [6.07, 6.45) is 4.96. The molecule has 0 heterocycles. The van der Waals surface area contributed by atoms with Crippen molar-refractivity contribution in [2.45, 2.75) is 31.7 Å². The molecule has 0 bridgehead atoms. The van der Waals surface area contributed by atoms with Crippen LogP contribution in [0.15, 0.2) is 0 Å². The summed E-state index contributed by atoms with van der Waals surface area (Å²) in [6, 6.07) is 0.604. The van der Waals surface area contributed by atoms with E-state index in [4.69, 9.17) is 10.4 Å². The zero-order valence-electron chi connectivity index (χ0n) is 7.75. The van der Waals surface area contributed by atoms with Crippen LogP contribution in [0.1, 0.15) is 25.7 Å². The topological polar surface area (TPSA) is 47.3 Å². The first kappa shape index (κ1) is 10.0. The smallest absolute Gasteiger partial charge is 0.395 e. The molecule has 1 aliphatic rings. The summed E-state index contributed by atoms with van der Waals surface area (Å²) in [5, 5.41) is 3.23.